The van der Waals surface area contributed by atoms with E-state index < -0.39 is 0 Å². The number of carbonyl (C=O) groups is 1. The molecule has 0 saturated heterocycles. The number of amides is 1. The lowest BCUT2D eigenvalue weighted by Gasteiger charge is -2.22. The summed E-state index contributed by atoms with van der Waals surface area (Å²) in [6.45, 7) is 1.10. The van der Waals surface area contributed by atoms with Crippen LogP contribution in [0.15, 0.2) is 24.3 Å². The van der Waals surface area contributed by atoms with Crippen LogP contribution in [0.5, 0.6) is 5.75 Å². The minimum atomic E-state index is -0.109. The zero-order chi connectivity index (χ0) is 12.3. The first-order valence-corrected chi connectivity index (χ1v) is 5.82. The minimum absolute atomic E-state index is 0.0422. The summed E-state index contributed by atoms with van der Waals surface area (Å²) in [5.74, 6) is -0.0665. The number of hydrogen-bond donors (Lipinski definition) is 1. The van der Waals surface area contributed by atoms with Crippen molar-refractivity contribution in [3.8, 4) is 5.75 Å². The molecule has 0 atom stereocenters. The Kier molecular flexibility index (Phi) is 3.64. The maximum atomic E-state index is 12.3. The largest absolute Gasteiger partial charge is 0.507 e. The first-order chi connectivity index (χ1) is 8.24. The van der Waals surface area contributed by atoms with Crippen molar-refractivity contribution in [2.45, 2.75) is 18.9 Å². The topological polar surface area (TPSA) is 49.8 Å². The molecule has 1 aliphatic carbocycles. The standard InChI is InChI=1S/C13H17NO3/c1-17-9-8-14(10-6-7-10)13(16)11-4-2-3-5-12(11)15/h2-5,10,15H,6-9H2,1H3. The number of ether oxygens (including phenoxy) is 1. The molecule has 4 nitrogen and oxygen atoms in total. The Bertz CT molecular complexity index is 401. The second kappa shape index (κ2) is 5.19. The van der Waals surface area contributed by atoms with Gasteiger partial charge in [0.1, 0.15) is 5.75 Å². The second-order valence-electron chi connectivity index (χ2n) is 4.24. The van der Waals surface area contributed by atoms with Crippen LogP contribution in [-0.4, -0.2) is 42.2 Å². The fourth-order valence-corrected chi connectivity index (χ4v) is 1.83. The van der Waals surface area contributed by atoms with Crippen LogP contribution in [0.2, 0.25) is 0 Å². The van der Waals surface area contributed by atoms with E-state index >= 15 is 0 Å². The monoisotopic (exact) mass is 235 g/mol. The molecule has 0 aliphatic heterocycles. The molecular weight excluding hydrogens is 218 g/mol. The minimum Gasteiger partial charge on any atom is -0.507 e. The fourth-order valence-electron chi connectivity index (χ4n) is 1.83. The Morgan fingerprint density at radius 3 is 2.76 bits per heavy atom. The number of para-hydroxylation sites is 1. The number of methoxy groups -OCH3 is 1. The lowest BCUT2D eigenvalue weighted by Crippen LogP contribution is -2.35. The second-order valence-corrected chi connectivity index (χ2v) is 4.24. The van der Waals surface area contributed by atoms with E-state index in [-0.39, 0.29) is 11.7 Å². The van der Waals surface area contributed by atoms with Gasteiger partial charge in [-0.1, -0.05) is 12.1 Å². The number of carbonyl (C=O) groups excluding carboxylic acids is 1. The predicted molar refractivity (Wildman–Crippen MR) is 64.0 cm³/mol. The van der Waals surface area contributed by atoms with Gasteiger partial charge in [-0.3, -0.25) is 4.79 Å². The number of nitrogens with zero attached hydrogens (tertiary/aromatic N) is 1. The lowest BCUT2D eigenvalue weighted by atomic mass is 10.1. The third-order valence-corrected chi connectivity index (χ3v) is 2.92. The zero-order valence-electron chi connectivity index (χ0n) is 9.93. The van der Waals surface area contributed by atoms with Crippen molar-refractivity contribution in [3.05, 3.63) is 29.8 Å². The van der Waals surface area contributed by atoms with Crippen molar-refractivity contribution < 1.29 is 14.6 Å². The summed E-state index contributed by atoms with van der Waals surface area (Å²) < 4.78 is 5.01. The molecule has 1 aliphatic rings. The van der Waals surface area contributed by atoms with Gasteiger partial charge in [-0.05, 0) is 25.0 Å². The van der Waals surface area contributed by atoms with Crippen molar-refractivity contribution in [3.63, 3.8) is 0 Å². The molecule has 92 valence electrons. The number of aromatic hydroxyl groups is 1. The van der Waals surface area contributed by atoms with E-state index in [1.54, 1.807) is 30.2 Å². The van der Waals surface area contributed by atoms with Gasteiger partial charge in [0.05, 0.1) is 12.2 Å². The van der Waals surface area contributed by atoms with Crippen LogP contribution in [0.25, 0.3) is 0 Å². The maximum absolute atomic E-state index is 12.3. The molecule has 4 heteroatoms. The number of benzene rings is 1. The number of rotatable bonds is 5. The first-order valence-electron chi connectivity index (χ1n) is 5.82. The van der Waals surface area contributed by atoms with Crippen LogP contribution >= 0.6 is 0 Å². The molecular formula is C13H17NO3. The predicted octanol–water partition coefficient (Wildman–Crippen LogP) is 1.64. The summed E-state index contributed by atoms with van der Waals surface area (Å²) in [6.07, 6.45) is 2.09. The molecule has 1 aromatic carbocycles. The molecule has 0 spiro atoms. The van der Waals surface area contributed by atoms with Gasteiger partial charge in [-0.25, -0.2) is 0 Å². The Labute approximate surface area is 101 Å². The van der Waals surface area contributed by atoms with Gasteiger partial charge in [0.15, 0.2) is 0 Å². The van der Waals surface area contributed by atoms with E-state index in [9.17, 15) is 9.90 Å². The van der Waals surface area contributed by atoms with Gasteiger partial charge in [0.25, 0.3) is 5.91 Å². The molecule has 0 aromatic heterocycles. The van der Waals surface area contributed by atoms with Crippen LogP contribution in [0.4, 0.5) is 0 Å². The third kappa shape index (κ3) is 2.77. The van der Waals surface area contributed by atoms with E-state index in [0.29, 0.717) is 24.8 Å². The maximum Gasteiger partial charge on any atom is 0.257 e. The Morgan fingerprint density at radius 2 is 2.18 bits per heavy atom. The average molecular weight is 235 g/mol. The molecule has 0 unspecified atom stereocenters. The van der Waals surface area contributed by atoms with Gasteiger partial charge in [0.2, 0.25) is 0 Å². The first kappa shape index (κ1) is 11.9. The molecule has 1 saturated carbocycles. The normalized spacial score (nSPS) is 14.6. The molecule has 1 aromatic rings. The highest BCUT2D eigenvalue weighted by atomic mass is 16.5. The number of phenolic OH excluding ortho intramolecular Hbond substituents is 1. The smallest absolute Gasteiger partial charge is 0.257 e. The molecule has 1 fully saturated rings. The van der Waals surface area contributed by atoms with Crippen LogP contribution in [0.1, 0.15) is 23.2 Å². The Morgan fingerprint density at radius 1 is 1.47 bits per heavy atom. The van der Waals surface area contributed by atoms with Gasteiger partial charge in [0, 0.05) is 19.7 Å². The van der Waals surface area contributed by atoms with Crippen molar-refractivity contribution >= 4 is 5.91 Å². The Hall–Kier alpha value is -1.55. The van der Waals surface area contributed by atoms with Crippen molar-refractivity contribution in [1.29, 1.82) is 0 Å². The van der Waals surface area contributed by atoms with Crippen molar-refractivity contribution in [1.82, 2.24) is 4.90 Å². The van der Waals surface area contributed by atoms with Gasteiger partial charge < -0.3 is 14.7 Å². The van der Waals surface area contributed by atoms with Crippen LogP contribution in [-0.2, 0) is 4.74 Å². The van der Waals surface area contributed by atoms with Crippen molar-refractivity contribution in [2.75, 3.05) is 20.3 Å². The van der Waals surface area contributed by atoms with Gasteiger partial charge in [-0.15, -0.1) is 0 Å². The van der Waals surface area contributed by atoms with E-state index in [2.05, 4.69) is 0 Å². The summed E-state index contributed by atoms with van der Waals surface area (Å²) in [6, 6.07) is 6.98. The van der Waals surface area contributed by atoms with E-state index in [0.717, 1.165) is 12.8 Å². The van der Waals surface area contributed by atoms with Crippen molar-refractivity contribution in [2.24, 2.45) is 0 Å². The number of hydrogen-bond acceptors (Lipinski definition) is 3. The highest BCUT2D eigenvalue weighted by Gasteiger charge is 2.33. The molecule has 2 rings (SSSR count). The molecule has 0 heterocycles. The summed E-state index contributed by atoms with van der Waals surface area (Å²) >= 11 is 0. The van der Waals surface area contributed by atoms with Crippen LogP contribution in [0.3, 0.4) is 0 Å². The van der Waals surface area contributed by atoms with Gasteiger partial charge in [-0.2, -0.15) is 0 Å². The highest BCUT2D eigenvalue weighted by molar-refractivity contribution is 5.97. The SMILES string of the molecule is COCCN(C(=O)c1ccccc1O)C1CC1. The molecule has 1 amide bonds. The zero-order valence-corrected chi connectivity index (χ0v) is 9.93. The van der Waals surface area contributed by atoms with E-state index in [4.69, 9.17) is 4.74 Å². The molecule has 1 N–H and O–H groups in total. The quantitative estimate of drug-likeness (QED) is 0.844. The summed E-state index contributed by atoms with van der Waals surface area (Å²) in [5.41, 5.74) is 0.371. The van der Waals surface area contributed by atoms with Crippen LogP contribution < -0.4 is 0 Å². The molecule has 17 heavy (non-hydrogen) atoms. The fraction of sp³-hybridized carbons (Fsp3) is 0.462. The van der Waals surface area contributed by atoms with E-state index in [1.165, 1.54) is 6.07 Å². The van der Waals surface area contributed by atoms with E-state index in [1.807, 2.05) is 0 Å². The molecule has 0 radical (unpaired) electrons. The third-order valence-electron chi connectivity index (χ3n) is 2.92. The Balaban J connectivity index is 2.13. The number of phenols is 1. The summed E-state index contributed by atoms with van der Waals surface area (Å²) in [4.78, 5) is 14.1. The van der Waals surface area contributed by atoms with Crippen LogP contribution in [0, 0.1) is 0 Å². The average Bonchev–Trinajstić information content (AvgIpc) is 3.14. The summed E-state index contributed by atoms with van der Waals surface area (Å²) in [7, 11) is 1.62. The lowest BCUT2D eigenvalue weighted by molar-refractivity contribution is 0.0677. The highest BCUT2D eigenvalue weighted by Crippen LogP contribution is 2.29. The summed E-state index contributed by atoms with van der Waals surface area (Å²) in [5, 5.41) is 9.68. The molecule has 0 bridgehead atoms. The van der Waals surface area contributed by atoms with Gasteiger partial charge >= 0.3 is 0 Å².